The summed E-state index contributed by atoms with van der Waals surface area (Å²) in [4.78, 5) is 14.6. The molecule has 5 heteroatoms. The zero-order chi connectivity index (χ0) is 31.5. The molecule has 5 aromatic carbocycles. The van der Waals surface area contributed by atoms with Gasteiger partial charge in [0.1, 0.15) is 0 Å². The van der Waals surface area contributed by atoms with Gasteiger partial charge in [0, 0.05) is 28.3 Å². The second kappa shape index (κ2) is 10.5. The summed E-state index contributed by atoms with van der Waals surface area (Å²) in [5.41, 5.74) is 11.1. The lowest BCUT2D eigenvalue weighted by atomic mass is 9.82. The molecule has 7 aromatic rings. The van der Waals surface area contributed by atoms with Crippen LogP contribution < -0.4 is 9.47 Å². The number of nitrogens with zero attached hydrogens (tertiary/aromatic N) is 3. The largest absolute Gasteiger partial charge is 0.449 e. The normalized spacial score (nSPS) is 13.4. The van der Waals surface area contributed by atoms with Gasteiger partial charge in [0.05, 0.1) is 17.1 Å². The minimum Gasteiger partial charge on any atom is -0.449 e. The summed E-state index contributed by atoms with van der Waals surface area (Å²) in [6.07, 6.45) is 1.79. The van der Waals surface area contributed by atoms with E-state index >= 15 is 0 Å². The van der Waals surface area contributed by atoms with E-state index in [1.54, 1.807) is 6.20 Å². The van der Waals surface area contributed by atoms with Crippen LogP contribution in [0.4, 0.5) is 0 Å². The Labute approximate surface area is 273 Å². The van der Waals surface area contributed by atoms with Gasteiger partial charge >= 0.3 is 0 Å². The summed E-state index contributed by atoms with van der Waals surface area (Å²) in [6, 6.07) is 45.2. The maximum absolute atomic E-state index is 6.72. The average Bonchev–Trinajstić information content (AvgIpc) is 3.37. The maximum atomic E-state index is 6.72. The van der Waals surface area contributed by atoms with Gasteiger partial charge in [-0.15, -0.1) is 0 Å². The van der Waals surface area contributed by atoms with Gasteiger partial charge < -0.3 is 9.47 Å². The molecule has 0 N–H and O–H groups in total. The van der Waals surface area contributed by atoms with Gasteiger partial charge in [-0.3, -0.25) is 4.98 Å². The lowest BCUT2D eigenvalue weighted by molar-refractivity contribution is 0.360. The Balaban J connectivity index is 1.11. The third kappa shape index (κ3) is 4.50. The molecule has 1 aliphatic carbocycles. The number of pyridine rings is 1. The van der Waals surface area contributed by atoms with E-state index in [1.165, 1.54) is 16.7 Å². The molecule has 224 valence electrons. The fourth-order valence-electron chi connectivity index (χ4n) is 6.82. The minimum atomic E-state index is -0.122. The summed E-state index contributed by atoms with van der Waals surface area (Å²) >= 11 is 0. The molecule has 0 saturated carbocycles. The topological polar surface area (TPSA) is 57.1 Å². The van der Waals surface area contributed by atoms with Crippen molar-refractivity contribution in [1.29, 1.82) is 0 Å². The van der Waals surface area contributed by atoms with Crippen LogP contribution in [-0.2, 0) is 5.41 Å². The van der Waals surface area contributed by atoms with E-state index in [9.17, 15) is 0 Å². The Hall–Kier alpha value is -6.07. The predicted molar refractivity (Wildman–Crippen MR) is 186 cm³/mol. The second-order valence-electron chi connectivity index (χ2n) is 12.5. The molecule has 0 radical (unpaired) electrons. The molecule has 2 aromatic heterocycles. The molecule has 0 bridgehead atoms. The van der Waals surface area contributed by atoms with Gasteiger partial charge in [0.2, 0.25) is 0 Å². The van der Waals surface area contributed by atoms with Crippen LogP contribution >= 0.6 is 0 Å². The number of rotatable bonds is 4. The molecular weight excluding hydrogens is 578 g/mol. The highest BCUT2D eigenvalue weighted by Crippen LogP contribution is 2.58. The smallest absolute Gasteiger partial charge is 0.178 e. The first-order valence-electron chi connectivity index (χ1n) is 15.8. The number of aromatic nitrogens is 3. The SMILES string of the molecule is CC1(C)c2ccccc2-c2c1ccc1c2Oc2cc(-c3cccc(-c4nc(-c5ccccc5)cc(-c5ccccn5)n4)c3)ccc2O1. The first-order chi connectivity index (χ1) is 23.0. The van der Waals surface area contributed by atoms with Crippen LogP contribution in [0.5, 0.6) is 23.0 Å². The van der Waals surface area contributed by atoms with Crippen LogP contribution in [0.2, 0.25) is 0 Å². The van der Waals surface area contributed by atoms with E-state index in [4.69, 9.17) is 19.4 Å². The summed E-state index contributed by atoms with van der Waals surface area (Å²) in [6.45, 7) is 4.54. The van der Waals surface area contributed by atoms with Crippen molar-refractivity contribution in [3.8, 4) is 79.3 Å². The molecule has 9 rings (SSSR count). The molecule has 2 aliphatic rings. The number of hydrogen-bond donors (Lipinski definition) is 0. The molecule has 0 spiro atoms. The van der Waals surface area contributed by atoms with Gasteiger partial charge in [-0.2, -0.15) is 0 Å². The lowest BCUT2D eigenvalue weighted by Gasteiger charge is -2.25. The second-order valence-corrected chi connectivity index (χ2v) is 12.5. The van der Waals surface area contributed by atoms with Gasteiger partial charge in [-0.1, -0.05) is 105 Å². The molecule has 0 amide bonds. The zero-order valence-corrected chi connectivity index (χ0v) is 25.9. The summed E-state index contributed by atoms with van der Waals surface area (Å²) < 4.78 is 13.1. The van der Waals surface area contributed by atoms with E-state index < -0.39 is 0 Å². The highest BCUT2D eigenvalue weighted by Gasteiger charge is 2.39. The standard InChI is InChI=1S/C42H29N3O2/c1-42(2)31-16-7-6-15-30(31)39-32(42)19-21-37-40(39)47-38-24-28(18-20-36(38)46-37)27-13-10-14-29(23-27)41-44-34(26-11-4-3-5-12-26)25-35(45-41)33-17-8-9-22-43-33/h3-25H,1-2H3. The van der Waals surface area contributed by atoms with Gasteiger partial charge in [0.15, 0.2) is 28.8 Å². The van der Waals surface area contributed by atoms with Crippen LogP contribution in [0.1, 0.15) is 25.0 Å². The Morgan fingerprint density at radius 3 is 2.11 bits per heavy atom. The molecule has 0 unspecified atom stereocenters. The summed E-state index contributed by atoms with van der Waals surface area (Å²) in [5.74, 6) is 3.53. The molecule has 0 fully saturated rings. The Bertz CT molecular complexity index is 2270. The van der Waals surface area contributed by atoms with Crippen molar-refractivity contribution in [2.45, 2.75) is 19.3 Å². The highest BCUT2D eigenvalue weighted by molar-refractivity contribution is 5.88. The summed E-state index contributed by atoms with van der Waals surface area (Å²) in [7, 11) is 0. The van der Waals surface area contributed by atoms with Crippen LogP contribution in [0, 0.1) is 0 Å². The highest BCUT2D eigenvalue weighted by atomic mass is 16.6. The van der Waals surface area contributed by atoms with Crippen LogP contribution in [0.25, 0.3) is 56.3 Å². The molecule has 47 heavy (non-hydrogen) atoms. The van der Waals surface area contributed by atoms with Crippen LogP contribution in [0.3, 0.4) is 0 Å². The minimum absolute atomic E-state index is 0.122. The Morgan fingerprint density at radius 1 is 0.489 bits per heavy atom. The first-order valence-corrected chi connectivity index (χ1v) is 15.8. The van der Waals surface area contributed by atoms with Gasteiger partial charge in [-0.05, 0) is 70.3 Å². The first kappa shape index (κ1) is 27.3. The van der Waals surface area contributed by atoms with E-state index in [2.05, 4.69) is 85.6 Å². The molecule has 3 heterocycles. The monoisotopic (exact) mass is 607 g/mol. The van der Waals surface area contributed by atoms with Crippen molar-refractivity contribution < 1.29 is 9.47 Å². The van der Waals surface area contributed by atoms with Crippen LogP contribution in [-0.4, -0.2) is 15.0 Å². The fraction of sp³-hybridized carbons (Fsp3) is 0.0714. The average molecular weight is 608 g/mol. The number of hydrogen-bond acceptors (Lipinski definition) is 5. The van der Waals surface area contributed by atoms with E-state index in [0.29, 0.717) is 17.3 Å². The quantitative estimate of drug-likeness (QED) is 0.199. The van der Waals surface area contributed by atoms with E-state index in [-0.39, 0.29) is 5.41 Å². The third-order valence-corrected chi connectivity index (χ3v) is 9.22. The number of ether oxygens (including phenoxy) is 2. The molecular formula is C42H29N3O2. The van der Waals surface area contributed by atoms with Gasteiger partial charge in [0.25, 0.3) is 0 Å². The van der Waals surface area contributed by atoms with Gasteiger partial charge in [-0.25, -0.2) is 9.97 Å². The Kier molecular flexibility index (Phi) is 6.09. The Morgan fingerprint density at radius 2 is 1.23 bits per heavy atom. The van der Waals surface area contributed by atoms with E-state index in [0.717, 1.165) is 56.4 Å². The molecule has 5 nitrogen and oxygen atoms in total. The number of benzene rings is 5. The molecule has 1 aliphatic heterocycles. The van der Waals surface area contributed by atoms with Crippen molar-refractivity contribution >= 4 is 0 Å². The summed E-state index contributed by atoms with van der Waals surface area (Å²) in [5, 5.41) is 0. The predicted octanol–water partition coefficient (Wildman–Crippen LogP) is 10.7. The molecule has 0 saturated heterocycles. The van der Waals surface area contributed by atoms with Crippen LogP contribution in [0.15, 0.2) is 140 Å². The maximum Gasteiger partial charge on any atom is 0.178 e. The molecule has 0 atom stereocenters. The van der Waals surface area contributed by atoms with Crippen molar-refractivity contribution in [1.82, 2.24) is 15.0 Å². The van der Waals surface area contributed by atoms with Crippen molar-refractivity contribution in [3.05, 3.63) is 151 Å². The zero-order valence-electron chi connectivity index (χ0n) is 25.9. The fourth-order valence-corrected chi connectivity index (χ4v) is 6.82. The van der Waals surface area contributed by atoms with Crippen molar-refractivity contribution in [2.75, 3.05) is 0 Å². The van der Waals surface area contributed by atoms with Crippen molar-refractivity contribution in [3.63, 3.8) is 0 Å². The van der Waals surface area contributed by atoms with Crippen molar-refractivity contribution in [2.24, 2.45) is 0 Å². The van der Waals surface area contributed by atoms with E-state index in [1.807, 2.05) is 66.7 Å². The lowest BCUT2D eigenvalue weighted by Crippen LogP contribution is -2.15. The number of fused-ring (bicyclic) bond motifs is 6. The third-order valence-electron chi connectivity index (χ3n) is 9.22.